The van der Waals surface area contributed by atoms with Gasteiger partial charge in [0.25, 0.3) is 5.69 Å². The Morgan fingerprint density at radius 3 is 2.42 bits per heavy atom. The maximum atomic E-state index is 11.1. The van der Waals surface area contributed by atoms with Crippen LogP contribution < -0.4 is 5.73 Å². The van der Waals surface area contributed by atoms with Crippen LogP contribution in [-0.2, 0) is 11.2 Å². The average Bonchev–Trinajstić information content (AvgIpc) is 2.38. The summed E-state index contributed by atoms with van der Waals surface area (Å²) >= 11 is 0. The zero-order valence-electron chi connectivity index (χ0n) is 10.6. The second-order valence-electron chi connectivity index (χ2n) is 4.45. The number of carbonyl (C=O) groups is 1. The molecule has 0 heterocycles. The Morgan fingerprint density at radius 1 is 1.32 bits per heavy atom. The molecule has 6 heteroatoms. The fraction of sp³-hybridized carbons (Fsp3) is 0.462. The van der Waals surface area contributed by atoms with Crippen LogP contribution in [0.3, 0.4) is 0 Å². The SMILES string of the molecule is NCCCCC(Cc1ccc([N+](=O)[O-])cc1)C(=O)O. The number of carboxylic acid groups (broad SMARTS) is 1. The van der Waals surface area contributed by atoms with Gasteiger partial charge in [-0.25, -0.2) is 0 Å². The predicted molar refractivity (Wildman–Crippen MR) is 70.8 cm³/mol. The van der Waals surface area contributed by atoms with Crippen LogP contribution in [0.4, 0.5) is 5.69 Å². The van der Waals surface area contributed by atoms with E-state index in [1.165, 1.54) is 12.1 Å². The number of rotatable bonds is 8. The van der Waals surface area contributed by atoms with E-state index in [1.807, 2.05) is 0 Å². The molecule has 1 aromatic carbocycles. The highest BCUT2D eigenvalue weighted by molar-refractivity contribution is 5.70. The molecule has 0 aliphatic carbocycles. The highest BCUT2D eigenvalue weighted by Crippen LogP contribution is 2.18. The van der Waals surface area contributed by atoms with E-state index in [2.05, 4.69) is 0 Å². The molecule has 0 saturated carbocycles. The first-order chi connectivity index (χ1) is 9.04. The highest BCUT2D eigenvalue weighted by atomic mass is 16.6. The minimum atomic E-state index is -0.838. The lowest BCUT2D eigenvalue weighted by atomic mass is 9.94. The molecule has 0 spiro atoms. The van der Waals surface area contributed by atoms with Crippen LogP contribution in [0.5, 0.6) is 0 Å². The van der Waals surface area contributed by atoms with Gasteiger partial charge in [0.05, 0.1) is 10.8 Å². The second kappa shape index (κ2) is 7.48. The van der Waals surface area contributed by atoms with Crippen molar-refractivity contribution in [1.29, 1.82) is 0 Å². The number of non-ortho nitro benzene ring substituents is 1. The van der Waals surface area contributed by atoms with Crippen LogP contribution in [0.2, 0.25) is 0 Å². The van der Waals surface area contributed by atoms with Gasteiger partial charge in [-0.05, 0) is 31.4 Å². The van der Waals surface area contributed by atoms with Gasteiger partial charge in [0.15, 0.2) is 0 Å². The minimum Gasteiger partial charge on any atom is -0.481 e. The molecule has 0 amide bonds. The van der Waals surface area contributed by atoms with E-state index in [0.717, 1.165) is 18.4 Å². The summed E-state index contributed by atoms with van der Waals surface area (Å²) in [7, 11) is 0. The summed E-state index contributed by atoms with van der Waals surface area (Å²) in [5.74, 6) is -1.30. The molecule has 0 radical (unpaired) electrons. The van der Waals surface area contributed by atoms with Gasteiger partial charge >= 0.3 is 5.97 Å². The van der Waals surface area contributed by atoms with E-state index in [4.69, 9.17) is 10.8 Å². The van der Waals surface area contributed by atoms with Crippen molar-refractivity contribution in [3.63, 3.8) is 0 Å². The topological polar surface area (TPSA) is 106 Å². The quantitative estimate of drug-likeness (QED) is 0.425. The molecule has 6 nitrogen and oxygen atoms in total. The van der Waals surface area contributed by atoms with Crippen molar-refractivity contribution in [2.45, 2.75) is 25.7 Å². The number of aliphatic carboxylic acids is 1. The van der Waals surface area contributed by atoms with E-state index < -0.39 is 16.8 Å². The summed E-state index contributed by atoms with van der Waals surface area (Å²) < 4.78 is 0. The summed E-state index contributed by atoms with van der Waals surface area (Å²) in [6, 6.07) is 6.01. The molecule has 19 heavy (non-hydrogen) atoms. The number of nitrogens with two attached hydrogens (primary N) is 1. The first-order valence-electron chi connectivity index (χ1n) is 6.20. The lowest BCUT2D eigenvalue weighted by Crippen LogP contribution is -2.17. The molecular formula is C13H18N2O4. The van der Waals surface area contributed by atoms with E-state index in [-0.39, 0.29) is 5.69 Å². The number of hydrogen-bond acceptors (Lipinski definition) is 4. The molecular weight excluding hydrogens is 248 g/mol. The van der Waals surface area contributed by atoms with Crippen LogP contribution in [0.1, 0.15) is 24.8 Å². The van der Waals surface area contributed by atoms with E-state index >= 15 is 0 Å². The summed E-state index contributed by atoms with van der Waals surface area (Å²) in [5, 5.41) is 19.7. The third-order valence-electron chi connectivity index (χ3n) is 2.99. The molecule has 0 bridgehead atoms. The minimum absolute atomic E-state index is 0.0127. The summed E-state index contributed by atoms with van der Waals surface area (Å²) in [6.07, 6.45) is 2.55. The zero-order chi connectivity index (χ0) is 14.3. The van der Waals surface area contributed by atoms with Crippen LogP contribution in [0.15, 0.2) is 24.3 Å². The van der Waals surface area contributed by atoms with Crippen molar-refractivity contribution in [1.82, 2.24) is 0 Å². The van der Waals surface area contributed by atoms with Gasteiger partial charge < -0.3 is 10.8 Å². The van der Waals surface area contributed by atoms with Crippen molar-refractivity contribution in [2.75, 3.05) is 6.54 Å². The number of nitro benzene ring substituents is 1. The molecule has 0 aromatic heterocycles. The fourth-order valence-electron chi connectivity index (χ4n) is 1.89. The Kier molecular flexibility index (Phi) is 5.95. The molecule has 1 atom stereocenters. The van der Waals surface area contributed by atoms with Gasteiger partial charge in [-0.15, -0.1) is 0 Å². The number of benzene rings is 1. The molecule has 1 unspecified atom stereocenters. The smallest absolute Gasteiger partial charge is 0.306 e. The molecule has 1 rings (SSSR count). The van der Waals surface area contributed by atoms with Crippen LogP contribution in [-0.4, -0.2) is 22.5 Å². The zero-order valence-corrected chi connectivity index (χ0v) is 10.6. The van der Waals surface area contributed by atoms with Crippen molar-refractivity contribution in [3.8, 4) is 0 Å². The summed E-state index contributed by atoms with van der Waals surface area (Å²) in [6.45, 7) is 0.559. The van der Waals surface area contributed by atoms with Gasteiger partial charge in [-0.2, -0.15) is 0 Å². The lowest BCUT2D eigenvalue weighted by Gasteiger charge is -2.11. The summed E-state index contributed by atoms with van der Waals surface area (Å²) in [4.78, 5) is 21.2. The Balaban J connectivity index is 2.63. The summed E-state index contributed by atoms with van der Waals surface area (Å²) in [5.41, 5.74) is 6.19. The van der Waals surface area contributed by atoms with Crippen molar-refractivity contribution < 1.29 is 14.8 Å². The Labute approximate surface area is 111 Å². The average molecular weight is 266 g/mol. The third-order valence-corrected chi connectivity index (χ3v) is 2.99. The second-order valence-corrected chi connectivity index (χ2v) is 4.45. The van der Waals surface area contributed by atoms with Crippen molar-refractivity contribution in [2.24, 2.45) is 11.7 Å². The van der Waals surface area contributed by atoms with Gasteiger partial charge in [-0.3, -0.25) is 14.9 Å². The molecule has 0 fully saturated rings. The number of unbranched alkanes of at least 4 members (excludes halogenated alkanes) is 1. The Bertz CT molecular complexity index is 431. The third kappa shape index (κ3) is 5.05. The van der Waals surface area contributed by atoms with E-state index in [9.17, 15) is 14.9 Å². The molecule has 0 saturated heterocycles. The first-order valence-corrected chi connectivity index (χ1v) is 6.20. The van der Waals surface area contributed by atoms with Crippen molar-refractivity contribution >= 4 is 11.7 Å². The standard InChI is InChI=1S/C13H18N2O4/c14-8-2-1-3-11(13(16)17)9-10-4-6-12(7-5-10)15(18)19/h4-7,11H,1-3,8-9,14H2,(H,16,17). The fourth-order valence-corrected chi connectivity index (χ4v) is 1.89. The number of nitro groups is 1. The molecule has 3 N–H and O–H groups in total. The highest BCUT2D eigenvalue weighted by Gasteiger charge is 2.17. The van der Waals surface area contributed by atoms with Gasteiger partial charge in [-0.1, -0.05) is 18.6 Å². The molecule has 0 aliphatic rings. The maximum Gasteiger partial charge on any atom is 0.306 e. The van der Waals surface area contributed by atoms with Gasteiger partial charge in [0, 0.05) is 12.1 Å². The number of hydrogen-bond donors (Lipinski definition) is 2. The number of nitrogens with zero attached hydrogens (tertiary/aromatic N) is 1. The maximum absolute atomic E-state index is 11.1. The molecule has 1 aromatic rings. The molecule has 0 aliphatic heterocycles. The first kappa shape index (κ1) is 15.1. The van der Waals surface area contributed by atoms with Gasteiger partial charge in [0.2, 0.25) is 0 Å². The Hall–Kier alpha value is -1.95. The van der Waals surface area contributed by atoms with E-state index in [1.54, 1.807) is 12.1 Å². The van der Waals surface area contributed by atoms with E-state index in [0.29, 0.717) is 19.4 Å². The van der Waals surface area contributed by atoms with Gasteiger partial charge in [0.1, 0.15) is 0 Å². The van der Waals surface area contributed by atoms with Crippen LogP contribution in [0.25, 0.3) is 0 Å². The normalized spacial score (nSPS) is 12.1. The molecule has 104 valence electrons. The number of carboxylic acids is 1. The largest absolute Gasteiger partial charge is 0.481 e. The van der Waals surface area contributed by atoms with Crippen molar-refractivity contribution in [3.05, 3.63) is 39.9 Å². The Morgan fingerprint density at radius 2 is 1.95 bits per heavy atom. The predicted octanol–water partition coefficient (Wildman–Crippen LogP) is 1.97. The lowest BCUT2D eigenvalue weighted by molar-refractivity contribution is -0.384. The monoisotopic (exact) mass is 266 g/mol. The van der Waals surface area contributed by atoms with Crippen LogP contribution >= 0.6 is 0 Å². The van der Waals surface area contributed by atoms with Crippen LogP contribution in [0, 0.1) is 16.0 Å².